The first-order chi connectivity index (χ1) is 13.5. The minimum absolute atomic E-state index is 0.208. The van der Waals surface area contributed by atoms with Crippen LogP contribution in [0, 0.1) is 0 Å². The summed E-state index contributed by atoms with van der Waals surface area (Å²) in [5.74, 6) is -0.433. The Morgan fingerprint density at radius 3 is 2.50 bits per heavy atom. The van der Waals surface area contributed by atoms with Gasteiger partial charge in [-0.2, -0.15) is 0 Å². The number of amides is 2. The summed E-state index contributed by atoms with van der Waals surface area (Å²) in [6, 6.07) is 12.9. The molecule has 7 nitrogen and oxygen atoms in total. The normalized spacial score (nSPS) is 10.7. The van der Waals surface area contributed by atoms with Crippen molar-refractivity contribution in [2.24, 2.45) is 0 Å². The highest BCUT2D eigenvalue weighted by Gasteiger charge is 2.21. The van der Waals surface area contributed by atoms with Crippen molar-refractivity contribution in [3.05, 3.63) is 60.2 Å². The smallest absolute Gasteiger partial charge is 0.287 e. The molecule has 2 aromatic heterocycles. The van der Waals surface area contributed by atoms with Gasteiger partial charge in [-0.25, -0.2) is 4.98 Å². The van der Waals surface area contributed by atoms with Gasteiger partial charge < -0.3 is 15.5 Å². The number of anilines is 2. The van der Waals surface area contributed by atoms with Gasteiger partial charge in [0.25, 0.3) is 11.8 Å². The number of imidazole rings is 1. The largest absolute Gasteiger partial charge is 0.378 e. The summed E-state index contributed by atoms with van der Waals surface area (Å²) in [7, 11) is 3.91. The highest BCUT2D eigenvalue weighted by atomic mass is 16.2. The number of carbonyl (C=O) groups excluding carboxylic acids is 2. The second-order valence-electron chi connectivity index (χ2n) is 6.74. The van der Waals surface area contributed by atoms with Crippen molar-refractivity contribution in [3.63, 3.8) is 0 Å². The molecule has 3 aromatic rings. The molecule has 0 atom stereocenters. The quantitative estimate of drug-likeness (QED) is 0.618. The average molecular weight is 379 g/mol. The molecule has 28 heavy (non-hydrogen) atoms. The van der Waals surface area contributed by atoms with E-state index >= 15 is 0 Å². The standard InChI is InChI=1S/C21H25N5O2/c1-4-5-13-22-21(28)19-24-18(17-8-6-7-14-26(17)19)20(27)23-15-9-11-16(12-10-15)25(2)3/h6-12,14H,4-5,13H2,1-3H3,(H,22,28)(H,23,27). The van der Waals surface area contributed by atoms with E-state index in [1.807, 2.05) is 49.3 Å². The Morgan fingerprint density at radius 2 is 1.82 bits per heavy atom. The molecule has 0 aliphatic carbocycles. The van der Waals surface area contributed by atoms with Crippen molar-refractivity contribution in [3.8, 4) is 0 Å². The van der Waals surface area contributed by atoms with Gasteiger partial charge in [-0.05, 0) is 42.8 Å². The topological polar surface area (TPSA) is 78.7 Å². The zero-order chi connectivity index (χ0) is 20.1. The van der Waals surface area contributed by atoms with Crippen molar-refractivity contribution in [2.45, 2.75) is 19.8 Å². The Balaban J connectivity index is 1.85. The molecule has 146 valence electrons. The molecule has 7 heteroatoms. The predicted octanol–water partition coefficient (Wildman–Crippen LogP) is 3.18. The van der Waals surface area contributed by atoms with Crippen LogP contribution in [-0.2, 0) is 0 Å². The fourth-order valence-electron chi connectivity index (χ4n) is 2.86. The number of rotatable bonds is 7. The number of pyridine rings is 1. The SMILES string of the molecule is CCCCNC(=O)c1nc(C(=O)Nc2ccc(N(C)C)cc2)c2ccccn12. The Labute approximate surface area is 164 Å². The molecule has 0 saturated heterocycles. The molecule has 0 unspecified atom stereocenters. The Kier molecular flexibility index (Phi) is 5.93. The van der Waals surface area contributed by atoms with E-state index in [9.17, 15) is 9.59 Å². The Hall–Kier alpha value is -3.35. The third kappa shape index (κ3) is 4.14. The Morgan fingerprint density at radius 1 is 1.07 bits per heavy atom. The number of carbonyl (C=O) groups is 2. The van der Waals surface area contributed by atoms with Gasteiger partial charge >= 0.3 is 0 Å². The first-order valence-corrected chi connectivity index (χ1v) is 9.35. The van der Waals surface area contributed by atoms with Crippen molar-refractivity contribution in [1.82, 2.24) is 14.7 Å². The minimum Gasteiger partial charge on any atom is -0.378 e. The van der Waals surface area contributed by atoms with E-state index in [0.29, 0.717) is 17.7 Å². The van der Waals surface area contributed by atoms with Crippen LogP contribution in [0.1, 0.15) is 40.9 Å². The van der Waals surface area contributed by atoms with Crippen LogP contribution in [0.25, 0.3) is 5.52 Å². The number of hydrogen-bond acceptors (Lipinski definition) is 4. The molecule has 2 N–H and O–H groups in total. The fourth-order valence-corrected chi connectivity index (χ4v) is 2.86. The summed E-state index contributed by atoms with van der Waals surface area (Å²) in [5, 5.41) is 5.71. The number of aromatic nitrogens is 2. The highest BCUT2D eigenvalue weighted by Crippen LogP contribution is 2.18. The number of nitrogens with one attached hydrogen (secondary N) is 2. The van der Waals surface area contributed by atoms with E-state index in [0.717, 1.165) is 18.5 Å². The van der Waals surface area contributed by atoms with Gasteiger partial charge in [-0.1, -0.05) is 19.4 Å². The molecule has 2 amide bonds. The van der Waals surface area contributed by atoms with Gasteiger partial charge in [-0.3, -0.25) is 14.0 Å². The second kappa shape index (κ2) is 8.56. The summed E-state index contributed by atoms with van der Waals surface area (Å²) < 4.78 is 1.64. The number of nitrogens with zero attached hydrogens (tertiary/aromatic N) is 3. The van der Waals surface area contributed by atoms with Gasteiger partial charge in [0.2, 0.25) is 5.82 Å². The molecule has 0 bridgehead atoms. The first kappa shape index (κ1) is 19.4. The molecule has 0 aliphatic rings. The average Bonchev–Trinajstić information content (AvgIpc) is 3.08. The van der Waals surface area contributed by atoms with Crippen LogP contribution >= 0.6 is 0 Å². The molecule has 3 rings (SSSR count). The molecule has 2 heterocycles. The van der Waals surface area contributed by atoms with Crippen LogP contribution < -0.4 is 15.5 Å². The molecule has 0 fully saturated rings. The van der Waals surface area contributed by atoms with Crippen LogP contribution in [0.3, 0.4) is 0 Å². The van der Waals surface area contributed by atoms with Crippen LogP contribution in [-0.4, -0.2) is 41.8 Å². The van der Waals surface area contributed by atoms with E-state index in [4.69, 9.17) is 0 Å². The lowest BCUT2D eigenvalue weighted by atomic mass is 10.2. The van der Waals surface area contributed by atoms with Gasteiger partial charge in [0.1, 0.15) is 0 Å². The molecule has 1 aromatic carbocycles. The lowest BCUT2D eigenvalue weighted by Gasteiger charge is -2.12. The predicted molar refractivity (Wildman–Crippen MR) is 111 cm³/mol. The maximum Gasteiger partial charge on any atom is 0.287 e. The van der Waals surface area contributed by atoms with Gasteiger partial charge in [0.15, 0.2) is 5.69 Å². The number of hydrogen-bond donors (Lipinski definition) is 2. The van der Waals surface area contributed by atoms with Crippen molar-refractivity contribution in [2.75, 3.05) is 30.9 Å². The summed E-state index contributed by atoms with van der Waals surface area (Å²) in [6.45, 7) is 2.64. The monoisotopic (exact) mass is 379 g/mol. The summed E-state index contributed by atoms with van der Waals surface area (Å²) >= 11 is 0. The summed E-state index contributed by atoms with van der Waals surface area (Å²) in [4.78, 5) is 31.6. The third-order valence-corrected chi connectivity index (χ3v) is 4.42. The van der Waals surface area contributed by atoms with Crippen LogP contribution in [0.15, 0.2) is 48.7 Å². The van der Waals surface area contributed by atoms with E-state index in [-0.39, 0.29) is 23.3 Å². The van der Waals surface area contributed by atoms with Crippen molar-refractivity contribution in [1.29, 1.82) is 0 Å². The Bertz CT molecular complexity index is 976. The maximum atomic E-state index is 12.8. The maximum absolute atomic E-state index is 12.8. The number of benzene rings is 1. The summed E-state index contributed by atoms with van der Waals surface area (Å²) in [6.07, 6.45) is 3.62. The highest BCUT2D eigenvalue weighted by molar-refractivity contribution is 6.09. The molecular weight excluding hydrogens is 354 g/mol. The minimum atomic E-state index is -0.353. The second-order valence-corrected chi connectivity index (χ2v) is 6.74. The zero-order valence-electron chi connectivity index (χ0n) is 16.4. The zero-order valence-corrected chi connectivity index (χ0v) is 16.4. The summed E-state index contributed by atoms with van der Waals surface area (Å²) in [5.41, 5.74) is 2.52. The van der Waals surface area contributed by atoms with Crippen LogP contribution in [0.5, 0.6) is 0 Å². The van der Waals surface area contributed by atoms with Crippen molar-refractivity contribution >= 4 is 28.7 Å². The molecule has 0 aliphatic heterocycles. The van der Waals surface area contributed by atoms with E-state index < -0.39 is 0 Å². The lowest BCUT2D eigenvalue weighted by Crippen LogP contribution is -2.26. The van der Waals surface area contributed by atoms with E-state index in [2.05, 4.69) is 22.5 Å². The molecule has 0 saturated carbocycles. The van der Waals surface area contributed by atoms with Gasteiger partial charge in [0.05, 0.1) is 5.52 Å². The van der Waals surface area contributed by atoms with Crippen LogP contribution in [0.2, 0.25) is 0 Å². The lowest BCUT2D eigenvalue weighted by molar-refractivity contribution is 0.0942. The number of fused-ring (bicyclic) bond motifs is 1. The van der Waals surface area contributed by atoms with Gasteiger partial charge in [-0.15, -0.1) is 0 Å². The van der Waals surface area contributed by atoms with Crippen LogP contribution in [0.4, 0.5) is 11.4 Å². The van der Waals surface area contributed by atoms with E-state index in [1.165, 1.54) is 0 Å². The van der Waals surface area contributed by atoms with Crippen molar-refractivity contribution < 1.29 is 9.59 Å². The van der Waals surface area contributed by atoms with Gasteiger partial charge in [0, 0.05) is 38.2 Å². The van der Waals surface area contributed by atoms with E-state index in [1.54, 1.807) is 22.7 Å². The molecule has 0 spiro atoms. The number of unbranched alkanes of at least 4 members (excludes halogenated alkanes) is 1. The molecule has 0 radical (unpaired) electrons. The first-order valence-electron chi connectivity index (χ1n) is 9.35. The fraction of sp³-hybridized carbons (Fsp3) is 0.286. The molecular formula is C21H25N5O2. The third-order valence-electron chi connectivity index (χ3n) is 4.42.